The Balaban J connectivity index is 1.64. The number of carbonyl (C=O) groups is 1. The number of hydrogen-bond donors (Lipinski definition) is 0. The van der Waals surface area contributed by atoms with Crippen LogP contribution in [-0.2, 0) is 19.6 Å². The molecular formula is C21H20N4O2. The molecule has 0 spiro atoms. The van der Waals surface area contributed by atoms with Crippen LogP contribution < -0.4 is 5.56 Å². The van der Waals surface area contributed by atoms with Gasteiger partial charge in [0.25, 0.3) is 11.5 Å². The van der Waals surface area contributed by atoms with Crippen molar-refractivity contribution in [2.75, 3.05) is 0 Å². The molecule has 4 rings (SSSR count). The minimum atomic E-state index is -0.293. The third kappa shape index (κ3) is 3.26. The number of carbonyl (C=O) groups excluding carboxylic acids is 1. The fourth-order valence-electron chi connectivity index (χ4n) is 3.36. The smallest absolute Gasteiger partial charge is 0.264 e. The lowest BCUT2D eigenvalue weighted by Gasteiger charge is -2.17. The van der Waals surface area contributed by atoms with Gasteiger partial charge in [-0.3, -0.25) is 19.6 Å². The predicted octanol–water partition coefficient (Wildman–Crippen LogP) is 2.46. The highest BCUT2D eigenvalue weighted by atomic mass is 16.2. The van der Waals surface area contributed by atoms with Gasteiger partial charge in [-0.15, -0.1) is 0 Å². The standard InChI is InChI=1S/C21H20N4O2/c1-14-7-8-24(13-18-10-22-15(2)9-23-18)20(26)19(14)21(27)25-11-16-5-3-4-6-17(16)12-25/h3-10H,11-13H2,1-2H3. The molecule has 1 aromatic carbocycles. The summed E-state index contributed by atoms with van der Waals surface area (Å²) >= 11 is 0. The van der Waals surface area contributed by atoms with Gasteiger partial charge in [0.2, 0.25) is 0 Å². The highest BCUT2D eigenvalue weighted by molar-refractivity contribution is 5.95. The largest absolute Gasteiger partial charge is 0.330 e. The van der Waals surface area contributed by atoms with Crippen molar-refractivity contribution in [1.82, 2.24) is 19.4 Å². The van der Waals surface area contributed by atoms with Crippen LogP contribution in [0, 0.1) is 13.8 Å². The van der Waals surface area contributed by atoms with E-state index in [4.69, 9.17) is 0 Å². The number of fused-ring (bicyclic) bond motifs is 1. The number of pyridine rings is 1. The first-order valence-electron chi connectivity index (χ1n) is 8.86. The van der Waals surface area contributed by atoms with E-state index in [2.05, 4.69) is 9.97 Å². The van der Waals surface area contributed by atoms with Crippen LogP contribution >= 0.6 is 0 Å². The van der Waals surface area contributed by atoms with E-state index < -0.39 is 0 Å². The zero-order chi connectivity index (χ0) is 19.0. The number of aryl methyl sites for hydroxylation is 2. The van der Waals surface area contributed by atoms with E-state index in [0.717, 1.165) is 16.8 Å². The van der Waals surface area contributed by atoms with E-state index in [0.29, 0.717) is 24.3 Å². The Morgan fingerprint density at radius 3 is 2.37 bits per heavy atom. The van der Waals surface area contributed by atoms with Crippen LogP contribution in [0.2, 0.25) is 0 Å². The summed E-state index contributed by atoms with van der Waals surface area (Å²) in [4.78, 5) is 36.3. The van der Waals surface area contributed by atoms with Crippen LogP contribution in [0.3, 0.4) is 0 Å². The number of nitrogens with zero attached hydrogens (tertiary/aromatic N) is 4. The van der Waals surface area contributed by atoms with E-state index in [1.807, 2.05) is 31.2 Å². The Labute approximate surface area is 157 Å². The highest BCUT2D eigenvalue weighted by Crippen LogP contribution is 2.24. The Morgan fingerprint density at radius 2 is 1.74 bits per heavy atom. The van der Waals surface area contributed by atoms with Crippen molar-refractivity contribution < 1.29 is 4.79 Å². The molecule has 6 heteroatoms. The number of hydrogen-bond acceptors (Lipinski definition) is 4. The summed E-state index contributed by atoms with van der Waals surface area (Å²) in [6.07, 6.45) is 5.02. The van der Waals surface area contributed by atoms with Crippen molar-refractivity contribution in [2.24, 2.45) is 0 Å². The quantitative estimate of drug-likeness (QED) is 0.720. The molecule has 3 heterocycles. The minimum Gasteiger partial charge on any atom is -0.330 e. The van der Waals surface area contributed by atoms with E-state index in [-0.39, 0.29) is 23.6 Å². The van der Waals surface area contributed by atoms with E-state index in [1.165, 1.54) is 4.57 Å². The maximum atomic E-state index is 13.1. The van der Waals surface area contributed by atoms with Crippen molar-refractivity contribution in [2.45, 2.75) is 33.5 Å². The van der Waals surface area contributed by atoms with Crippen LogP contribution in [0.4, 0.5) is 0 Å². The van der Waals surface area contributed by atoms with Gasteiger partial charge in [0, 0.05) is 25.5 Å². The van der Waals surface area contributed by atoms with Gasteiger partial charge in [0.05, 0.1) is 24.1 Å². The number of amides is 1. The Kier molecular flexibility index (Phi) is 4.32. The predicted molar refractivity (Wildman–Crippen MR) is 101 cm³/mol. The topological polar surface area (TPSA) is 68.1 Å². The first-order chi connectivity index (χ1) is 13.0. The summed E-state index contributed by atoms with van der Waals surface area (Å²) < 4.78 is 1.52. The molecule has 2 aromatic heterocycles. The summed E-state index contributed by atoms with van der Waals surface area (Å²) in [5.74, 6) is -0.224. The van der Waals surface area contributed by atoms with Gasteiger partial charge < -0.3 is 9.47 Å². The first-order valence-corrected chi connectivity index (χ1v) is 8.86. The summed E-state index contributed by atoms with van der Waals surface area (Å²) in [7, 11) is 0. The second-order valence-corrected chi connectivity index (χ2v) is 6.89. The molecule has 1 aliphatic heterocycles. The molecule has 0 N–H and O–H groups in total. The monoisotopic (exact) mass is 360 g/mol. The third-order valence-corrected chi connectivity index (χ3v) is 4.88. The number of aromatic nitrogens is 3. The zero-order valence-corrected chi connectivity index (χ0v) is 15.3. The molecule has 1 aliphatic rings. The second-order valence-electron chi connectivity index (χ2n) is 6.89. The van der Waals surface area contributed by atoms with Crippen molar-refractivity contribution in [3.05, 3.63) is 92.9 Å². The second kappa shape index (κ2) is 6.79. The van der Waals surface area contributed by atoms with Crippen molar-refractivity contribution in [1.29, 1.82) is 0 Å². The van der Waals surface area contributed by atoms with Crippen molar-refractivity contribution >= 4 is 5.91 Å². The molecule has 0 aliphatic carbocycles. The van der Waals surface area contributed by atoms with Gasteiger partial charge in [-0.25, -0.2) is 0 Å². The van der Waals surface area contributed by atoms with Gasteiger partial charge >= 0.3 is 0 Å². The minimum absolute atomic E-state index is 0.224. The normalized spacial score (nSPS) is 12.9. The third-order valence-electron chi connectivity index (χ3n) is 4.88. The van der Waals surface area contributed by atoms with Gasteiger partial charge in [0.15, 0.2) is 0 Å². The van der Waals surface area contributed by atoms with Crippen LogP contribution in [0.25, 0.3) is 0 Å². The fraction of sp³-hybridized carbons (Fsp3) is 0.238. The molecule has 0 saturated heterocycles. The molecule has 1 amide bonds. The lowest BCUT2D eigenvalue weighted by Crippen LogP contribution is -2.35. The molecule has 0 radical (unpaired) electrons. The lowest BCUT2D eigenvalue weighted by atomic mass is 10.1. The summed E-state index contributed by atoms with van der Waals surface area (Å²) in [6, 6.07) is 9.79. The van der Waals surface area contributed by atoms with Crippen LogP contribution in [0.5, 0.6) is 0 Å². The molecule has 6 nitrogen and oxygen atoms in total. The molecule has 0 saturated carbocycles. The summed E-state index contributed by atoms with van der Waals surface area (Å²) in [5.41, 5.74) is 4.39. The summed E-state index contributed by atoms with van der Waals surface area (Å²) in [6.45, 7) is 5.01. The van der Waals surface area contributed by atoms with Crippen LogP contribution in [0.1, 0.15) is 38.4 Å². The summed E-state index contributed by atoms with van der Waals surface area (Å²) in [5, 5.41) is 0. The average Bonchev–Trinajstić information content (AvgIpc) is 3.10. The van der Waals surface area contributed by atoms with Gasteiger partial charge in [0.1, 0.15) is 5.56 Å². The highest BCUT2D eigenvalue weighted by Gasteiger charge is 2.27. The van der Waals surface area contributed by atoms with Gasteiger partial charge in [-0.2, -0.15) is 0 Å². The molecule has 3 aromatic rings. The zero-order valence-electron chi connectivity index (χ0n) is 15.3. The number of rotatable bonds is 3. The molecule has 0 bridgehead atoms. The van der Waals surface area contributed by atoms with Crippen molar-refractivity contribution in [3.63, 3.8) is 0 Å². The molecular weight excluding hydrogens is 340 g/mol. The van der Waals surface area contributed by atoms with E-state index in [1.54, 1.807) is 36.5 Å². The van der Waals surface area contributed by atoms with Gasteiger partial charge in [-0.1, -0.05) is 24.3 Å². The molecule has 0 atom stereocenters. The van der Waals surface area contributed by atoms with Crippen molar-refractivity contribution in [3.8, 4) is 0 Å². The first kappa shape index (κ1) is 17.1. The SMILES string of the molecule is Cc1cnc(Cn2ccc(C)c(C(=O)N3Cc4ccccc4C3)c2=O)cn1. The van der Waals surface area contributed by atoms with Gasteiger partial charge in [-0.05, 0) is 36.6 Å². The Bertz CT molecular complexity index is 1050. The Hall–Kier alpha value is -3.28. The molecule has 0 unspecified atom stereocenters. The van der Waals surface area contributed by atoms with Crippen LogP contribution in [0.15, 0.2) is 53.7 Å². The molecule has 27 heavy (non-hydrogen) atoms. The maximum absolute atomic E-state index is 13.1. The fourth-order valence-corrected chi connectivity index (χ4v) is 3.36. The lowest BCUT2D eigenvalue weighted by molar-refractivity contribution is 0.0748. The Morgan fingerprint density at radius 1 is 1.04 bits per heavy atom. The van der Waals surface area contributed by atoms with E-state index in [9.17, 15) is 9.59 Å². The molecule has 0 fully saturated rings. The van der Waals surface area contributed by atoms with Crippen LogP contribution in [-0.4, -0.2) is 25.3 Å². The maximum Gasteiger partial charge on any atom is 0.264 e. The number of benzene rings is 1. The average molecular weight is 360 g/mol. The molecule has 136 valence electrons. The van der Waals surface area contributed by atoms with E-state index >= 15 is 0 Å².